The minimum atomic E-state index is -4.91. The van der Waals surface area contributed by atoms with Crippen molar-refractivity contribution < 1.29 is 37.0 Å². The standard InChI is InChI=1S/C14H13F4NO4/c1-2-6-23-13(22)19-10(12(20)21)7-8-4-3-5-9(11(8)15)14(16,17)18/h2-5,10H,1,6-7H2,(H,19,22)(H,20,21). The zero-order chi connectivity index (χ0) is 17.6. The predicted octanol–water partition coefficient (Wildman–Crippen LogP) is 2.75. The van der Waals surface area contributed by atoms with E-state index >= 15 is 0 Å². The molecule has 0 spiro atoms. The molecule has 0 aliphatic heterocycles. The zero-order valence-corrected chi connectivity index (χ0v) is 11.7. The average molecular weight is 335 g/mol. The van der Waals surface area contributed by atoms with Gasteiger partial charge in [0, 0.05) is 6.42 Å². The molecule has 0 fully saturated rings. The largest absolute Gasteiger partial charge is 0.480 e. The Balaban J connectivity index is 2.95. The van der Waals surface area contributed by atoms with Crippen LogP contribution in [0.5, 0.6) is 0 Å². The molecule has 0 heterocycles. The van der Waals surface area contributed by atoms with E-state index in [-0.39, 0.29) is 6.61 Å². The predicted molar refractivity (Wildman–Crippen MR) is 71.2 cm³/mol. The van der Waals surface area contributed by atoms with Crippen LogP contribution in [0.15, 0.2) is 30.9 Å². The highest BCUT2D eigenvalue weighted by Gasteiger charge is 2.35. The van der Waals surface area contributed by atoms with Crippen LogP contribution in [0, 0.1) is 5.82 Å². The van der Waals surface area contributed by atoms with Crippen LogP contribution in [0.1, 0.15) is 11.1 Å². The Labute approximate surface area is 128 Å². The highest BCUT2D eigenvalue weighted by Crippen LogP contribution is 2.32. The molecule has 1 atom stereocenters. The second kappa shape index (κ2) is 7.61. The van der Waals surface area contributed by atoms with Gasteiger partial charge in [-0.1, -0.05) is 24.8 Å². The summed E-state index contributed by atoms with van der Waals surface area (Å²) in [5.74, 6) is -3.12. The van der Waals surface area contributed by atoms with Crippen molar-refractivity contribution in [3.05, 3.63) is 47.8 Å². The van der Waals surface area contributed by atoms with E-state index in [2.05, 4.69) is 11.3 Å². The number of hydrogen-bond donors (Lipinski definition) is 2. The third-order valence-electron chi connectivity index (χ3n) is 2.73. The molecule has 126 valence electrons. The molecule has 1 aromatic rings. The second-order valence-electron chi connectivity index (χ2n) is 4.40. The van der Waals surface area contributed by atoms with Gasteiger partial charge in [-0.3, -0.25) is 0 Å². The maximum absolute atomic E-state index is 13.9. The van der Waals surface area contributed by atoms with Gasteiger partial charge in [-0.25, -0.2) is 14.0 Å². The number of ether oxygens (including phenoxy) is 1. The molecule has 1 aromatic carbocycles. The summed E-state index contributed by atoms with van der Waals surface area (Å²) < 4.78 is 56.2. The lowest BCUT2D eigenvalue weighted by atomic mass is 10.0. The SMILES string of the molecule is C=CCOC(=O)NC(Cc1cccc(C(F)(F)F)c1F)C(=O)O. The molecule has 1 rings (SSSR count). The van der Waals surface area contributed by atoms with Crippen LogP contribution in [0.4, 0.5) is 22.4 Å². The van der Waals surface area contributed by atoms with Gasteiger partial charge >= 0.3 is 18.2 Å². The number of amides is 1. The lowest BCUT2D eigenvalue weighted by Crippen LogP contribution is -2.42. The maximum atomic E-state index is 13.9. The number of halogens is 4. The van der Waals surface area contributed by atoms with Gasteiger partial charge in [0.25, 0.3) is 0 Å². The fourth-order valence-corrected chi connectivity index (χ4v) is 1.69. The lowest BCUT2D eigenvalue weighted by molar-refractivity contribution is -0.140. The van der Waals surface area contributed by atoms with Gasteiger partial charge in [0.1, 0.15) is 18.5 Å². The maximum Gasteiger partial charge on any atom is 0.419 e. The first kappa shape index (κ1) is 18.5. The number of benzene rings is 1. The van der Waals surface area contributed by atoms with E-state index in [4.69, 9.17) is 5.11 Å². The number of hydrogen-bond acceptors (Lipinski definition) is 3. The third kappa shape index (κ3) is 5.28. The van der Waals surface area contributed by atoms with Crippen molar-refractivity contribution in [3.63, 3.8) is 0 Å². The van der Waals surface area contributed by atoms with Gasteiger partial charge < -0.3 is 15.2 Å². The van der Waals surface area contributed by atoms with Crippen molar-refractivity contribution in [2.75, 3.05) is 6.61 Å². The summed E-state index contributed by atoms with van der Waals surface area (Å²) in [6.07, 6.45) is -5.45. The number of carbonyl (C=O) groups excluding carboxylic acids is 1. The van der Waals surface area contributed by atoms with E-state index < -0.39 is 47.6 Å². The normalized spacial score (nSPS) is 12.3. The van der Waals surface area contributed by atoms with E-state index in [1.807, 2.05) is 5.32 Å². The van der Waals surface area contributed by atoms with E-state index in [9.17, 15) is 27.2 Å². The van der Waals surface area contributed by atoms with Crippen LogP contribution in [0.25, 0.3) is 0 Å². The lowest BCUT2D eigenvalue weighted by Gasteiger charge is -2.16. The van der Waals surface area contributed by atoms with Crippen molar-refractivity contribution >= 4 is 12.1 Å². The quantitative estimate of drug-likeness (QED) is 0.619. The van der Waals surface area contributed by atoms with Crippen LogP contribution in [0.2, 0.25) is 0 Å². The van der Waals surface area contributed by atoms with Crippen molar-refractivity contribution in [2.24, 2.45) is 0 Å². The minimum absolute atomic E-state index is 0.184. The Bertz CT molecular complexity index is 601. The fourth-order valence-electron chi connectivity index (χ4n) is 1.69. The van der Waals surface area contributed by atoms with Gasteiger partial charge in [-0.2, -0.15) is 13.2 Å². The Morgan fingerprint density at radius 2 is 2.04 bits per heavy atom. The molecule has 0 aliphatic carbocycles. The Morgan fingerprint density at radius 3 is 2.57 bits per heavy atom. The molecule has 0 aromatic heterocycles. The first-order valence-electron chi connectivity index (χ1n) is 6.28. The molecule has 0 radical (unpaired) electrons. The number of aliphatic carboxylic acids is 1. The van der Waals surface area contributed by atoms with Crippen molar-refractivity contribution in [2.45, 2.75) is 18.6 Å². The number of carbonyl (C=O) groups is 2. The number of nitrogens with one attached hydrogen (secondary N) is 1. The molecule has 5 nitrogen and oxygen atoms in total. The Kier molecular flexibility index (Phi) is 6.11. The van der Waals surface area contributed by atoms with Gasteiger partial charge in [0.05, 0.1) is 5.56 Å². The fraction of sp³-hybridized carbons (Fsp3) is 0.286. The van der Waals surface area contributed by atoms with Gasteiger partial charge in [-0.15, -0.1) is 0 Å². The van der Waals surface area contributed by atoms with Crippen molar-refractivity contribution in [1.82, 2.24) is 5.32 Å². The Morgan fingerprint density at radius 1 is 1.39 bits per heavy atom. The Hall–Kier alpha value is -2.58. The molecule has 0 bridgehead atoms. The van der Waals surface area contributed by atoms with E-state index in [1.165, 1.54) is 6.08 Å². The smallest absolute Gasteiger partial charge is 0.419 e. The third-order valence-corrected chi connectivity index (χ3v) is 2.73. The number of rotatable bonds is 6. The van der Waals surface area contributed by atoms with Crippen LogP contribution in [-0.2, 0) is 22.1 Å². The molecular weight excluding hydrogens is 322 g/mol. The summed E-state index contributed by atoms with van der Waals surface area (Å²) in [6, 6.07) is 0.860. The summed E-state index contributed by atoms with van der Waals surface area (Å²) in [4.78, 5) is 22.4. The van der Waals surface area contributed by atoms with E-state index in [0.717, 1.165) is 12.1 Å². The second-order valence-corrected chi connectivity index (χ2v) is 4.40. The van der Waals surface area contributed by atoms with Gasteiger partial charge in [-0.05, 0) is 11.6 Å². The molecule has 9 heteroatoms. The number of carboxylic acids is 1. The zero-order valence-electron chi connectivity index (χ0n) is 11.7. The van der Waals surface area contributed by atoms with Crippen molar-refractivity contribution in [1.29, 1.82) is 0 Å². The molecule has 23 heavy (non-hydrogen) atoms. The molecule has 0 saturated carbocycles. The summed E-state index contributed by atoms with van der Waals surface area (Å²) >= 11 is 0. The van der Waals surface area contributed by atoms with Crippen LogP contribution < -0.4 is 5.32 Å². The molecule has 0 aliphatic rings. The first-order chi connectivity index (χ1) is 10.7. The van der Waals surface area contributed by atoms with E-state index in [0.29, 0.717) is 6.07 Å². The summed E-state index contributed by atoms with van der Waals surface area (Å²) in [5, 5.41) is 10.9. The van der Waals surface area contributed by atoms with Crippen LogP contribution in [-0.4, -0.2) is 29.8 Å². The van der Waals surface area contributed by atoms with Gasteiger partial charge in [0.2, 0.25) is 0 Å². The van der Waals surface area contributed by atoms with Gasteiger partial charge in [0.15, 0.2) is 0 Å². The number of alkyl carbamates (subject to hydrolysis) is 1. The van der Waals surface area contributed by atoms with Crippen LogP contribution in [0.3, 0.4) is 0 Å². The summed E-state index contributed by atoms with van der Waals surface area (Å²) in [5.41, 5.74) is -2.00. The molecule has 0 saturated heterocycles. The average Bonchev–Trinajstić information content (AvgIpc) is 2.44. The molecule has 2 N–H and O–H groups in total. The summed E-state index contributed by atoms with van der Waals surface area (Å²) in [7, 11) is 0. The van der Waals surface area contributed by atoms with Crippen molar-refractivity contribution in [3.8, 4) is 0 Å². The van der Waals surface area contributed by atoms with E-state index in [1.54, 1.807) is 0 Å². The highest BCUT2D eigenvalue weighted by molar-refractivity contribution is 5.80. The number of alkyl halides is 3. The summed E-state index contributed by atoms with van der Waals surface area (Å²) in [6.45, 7) is 3.10. The van der Waals surface area contributed by atoms with Crippen LogP contribution >= 0.6 is 0 Å². The molecular formula is C14H13F4NO4. The first-order valence-corrected chi connectivity index (χ1v) is 6.28. The molecule has 1 amide bonds. The monoisotopic (exact) mass is 335 g/mol. The number of carboxylic acid groups (broad SMARTS) is 1. The minimum Gasteiger partial charge on any atom is -0.480 e. The highest BCUT2D eigenvalue weighted by atomic mass is 19.4. The molecule has 1 unspecified atom stereocenters. The topological polar surface area (TPSA) is 75.6 Å².